The first-order valence-corrected chi connectivity index (χ1v) is 4.28. The van der Waals surface area contributed by atoms with Gasteiger partial charge < -0.3 is 5.73 Å². The van der Waals surface area contributed by atoms with E-state index < -0.39 is 0 Å². The van der Waals surface area contributed by atoms with E-state index in [9.17, 15) is 0 Å². The lowest BCUT2D eigenvalue weighted by molar-refractivity contribution is 0.777. The van der Waals surface area contributed by atoms with Gasteiger partial charge in [0.2, 0.25) is 0 Å². The minimum absolute atomic E-state index is 0.589. The predicted molar refractivity (Wildman–Crippen MR) is 48.7 cm³/mol. The number of hydrogen-bond donors (Lipinski definition) is 1. The van der Waals surface area contributed by atoms with Gasteiger partial charge >= 0.3 is 0 Å². The summed E-state index contributed by atoms with van der Waals surface area (Å²) in [7, 11) is 1.89. The molecule has 0 bridgehead atoms. The van der Waals surface area contributed by atoms with Crippen molar-refractivity contribution in [3.63, 3.8) is 0 Å². The standard InChI is InChI=1S/C7H8N4S/c1-11-5(2-3-10-11)6-4-9-7(8)12-6/h2-4H,1H3,(H2,8,9). The molecule has 0 aliphatic heterocycles. The first-order valence-electron chi connectivity index (χ1n) is 3.47. The van der Waals surface area contributed by atoms with E-state index in [0.29, 0.717) is 5.13 Å². The van der Waals surface area contributed by atoms with Gasteiger partial charge in [-0.2, -0.15) is 5.10 Å². The van der Waals surface area contributed by atoms with E-state index in [2.05, 4.69) is 10.1 Å². The van der Waals surface area contributed by atoms with Crippen LogP contribution < -0.4 is 5.73 Å². The van der Waals surface area contributed by atoms with Crippen molar-refractivity contribution in [3.05, 3.63) is 18.5 Å². The average Bonchev–Trinajstić information content (AvgIpc) is 2.58. The van der Waals surface area contributed by atoms with Gasteiger partial charge in [-0.15, -0.1) is 0 Å². The predicted octanol–water partition coefficient (Wildman–Crippen LogP) is 1.13. The van der Waals surface area contributed by atoms with E-state index in [1.807, 2.05) is 13.1 Å². The highest BCUT2D eigenvalue weighted by molar-refractivity contribution is 7.18. The van der Waals surface area contributed by atoms with Gasteiger partial charge in [0.05, 0.1) is 10.6 Å². The molecule has 0 atom stereocenters. The lowest BCUT2D eigenvalue weighted by atomic mass is 10.4. The van der Waals surface area contributed by atoms with Crippen molar-refractivity contribution in [3.8, 4) is 10.6 Å². The zero-order valence-electron chi connectivity index (χ0n) is 6.56. The van der Waals surface area contributed by atoms with Gasteiger partial charge in [-0.1, -0.05) is 11.3 Å². The monoisotopic (exact) mass is 180 g/mol. The van der Waals surface area contributed by atoms with Crippen molar-refractivity contribution in [2.45, 2.75) is 0 Å². The third-order valence-electron chi connectivity index (χ3n) is 1.60. The molecule has 0 saturated carbocycles. The number of hydrogen-bond acceptors (Lipinski definition) is 4. The summed E-state index contributed by atoms with van der Waals surface area (Å²) in [4.78, 5) is 5.02. The van der Waals surface area contributed by atoms with E-state index in [4.69, 9.17) is 5.73 Å². The molecule has 2 N–H and O–H groups in total. The Kier molecular flexibility index (Phi) is 1.58. The Bertz CT molecular complexity index is 390. The SMILES string of the molecule is Cn1nccc1-c1cnc(N)s1. The first-order chi connectivity index (χ1) is 5.77. The highest BCUT2D eigenvalue weighted by Crippen LogP contribution is 2.25. The molecule has 0 unspecified atom stereocenters. The van der Waals surface area contributed by atoms with E-state index in [1.165, 1.54) is 11.3 Å². The van der Waals surface area contributed by atoms with Crippen LogP contribution in [0.4, 0.5) is 5.13 Å². The summed E-state index contributed by atoms with van der Waals surface area (Å²) in [5.74, 6) is 0. The number of aryl methyl sites for hydroxylation is 1. The Hall–Kier alpha value is -1.36. The molecule has 4 nitrogen and oxygen atoms in total. The van der Waals surface area contributed by atoms with Crippen LogP contribution >= 0.6 is 11.3 Å². The van der Waals surface area contributed by atoms with Crippen molar-refractivity contribution in [2.24, 2.45) is 7.05 Å². The molecule has 0 aliphatic carbocycles. The molecule has 5 heteroatoms. The highest BCUT2D eigenvalue weighted by Gasteiger charge is 2.04. The second-order valence-corrected chi connectivity index (χ2v) is 3.47. The number of anilines is 1. The molecule has 0 fully saturated rings. The van der Waals surface area contributed by atoms with E-state index in [0.717, 1.165) is 10.6 Å². The summed E-state index contributed by atoms with van der Waals surface area (Å²) in [6.07, 6.45) is 3.52. The smallest absolute Gasteiger partial charge is 0.180 e. The number of nitrogens with two attached hydrogens (primary N) is 1. The number of rotatable bonds is 1. The summed E-state index contributed by atoms with van der Waals surface area (Å²) in [5, 5.41) is 4.65. The van der Waals surface area contributed by atoms with Crippen LogP contribution in [0.2, 0.25) is 0 Å². The molecular weight excluding hydrogens is 172 g/mol. The molecule has 0 amide bonds. The van der Waals surface area contributed by atoms with Gasteiger partial charge in [0.1, 0.15) is 0 Å². The van der Waals surface area contributed by atoms with Crippen molar-refractivity contribution in [1.29, 1.82) is 0 Å². The Morgan fingerprint density at radius 2 is 2.42 bits per heavy atom. The number of aromatic nitrogens is 3. The summed E-state index contributed by atoms with van der Waals surface area (Å²) in [5.41, 5.74) is 6.56. The lowest BCUT2D eigenvalue weighted by Crippen LogP contribution is -1.91. The maximum Gasteiger partial charge on any atom is 0.180 e. The third kappa shape index (κ3) is 1.08. The minimum Gasteiger partial charge on any atom is -0.375 e. The largest absolute Gasteiger partial charge is 0.375 e. The van der Waals surface area contributed by atoms with E-state index >= 15 is 0 Å². The molecule has 0 spiro atoms. The summed E-state index contributed by atoms with van der Waals surface area (Å²) in [6.45, 7) is 0. The second kappa shape index (κ2) is 2.60. The number of nitrogen functional groups attached to an aromatic ring is 1. The molecule has 12 heavy (non-hydrogen) atoms. The molecule has 0 aliphatic rings. The van der Waals surface area contributed by atoms with Crippen molar-refractivity contribution in [1.82, 2.24) is 14.8 Å². The fourth-order valence-electron chi connectivity index (χ4n) is 1.02. The zero-order chi connectivity index (χ0) is 8.55. The fourth-order valence-corrected chi connectivity index (χ4v) is 1.76. The van der Waals surface area contributed by atoms with E-state index in [-0.39, 0.29) is 0 Å². The number of thiazole rings is 1. The Labute approximate surface area is 73.7 Å². The van der Waals surface area contributed by atoms with Crippen molar-refractivity contribution in [2.75, 3.05) is 5.73 Å². The topological polar surface area (TPSA) is 56.7 Å². The van der Waals surface area contributed by atoms with Crippen LogP contribution in [-0.2, 0) is 7.05 Å². The van der Waals surface area contributed by atoms with Gasteiger partial charge in [-0.25, -0.2) is 4.98 Å². The van der Waals surface area contributed by atoms with Crippen molar-refractivity contribution >= 4 is 16.5 Å². The minimum atomic E-state index is 0.589. The van der Waals surface area contributed by atoms with Gasteiger partial charge in [0.25, 0.3) is 0 Å². The van der Waals surface area contributed by atoms with Gasteiger partial charge in [0.15, 0.2) is 5.13 Å². The van der Waals surface area contributed by atoms with Crippen molar-refractivity contribution < 1.29 is 0 Å². The van der Waals surface area contributed by atoms with Crippen LogP contribution in [0.25, 0.3) is 10.6 Å². The van der Waals surface area contributed by atoms with E-state index in [1.54, 1.807) is 17.1 Å². The third-order valence-corrected chi connectivity index (χ3v) is 2.45. The molecule has 2 aromatic heterocycles. The summed E-state index contributed by atoms with van der Waals surface area (Å²) in [6, 6.07) is 1.94. The highest BCUT2D eigenvalue weighted by atomic mass is 32.1. The summed E-state index contributed by atoms with van der Waals surface area (Å²) < 4.78 is 1.80. The second-order valence-electron chi connectivity index (χ2n) is 2.40. The maximum atomic E-state index is 5.51. The Morgan fingerprint density at radius 3 is 2.92 bits per heavy atom. The molecular formula is C7H8N4S. The van der Waals surface area contributed by atoms with Crippen LogP contribution in [0.1, 0.15) is 0 Å². The van der Waals surface area contributed by atoms with Crippen LogP contribution in [0.15, 0.2) is 18.5 Å². The molecule has 2 rings (SSSR count). The lowest BCUT2D eigenvalue weighted by Gasteiger charge is -1.94. The maximum absolute atomic E-state index is 5.51. The van der Waals surface area contributed by atoms with Crippen LogP contribution in [-0.4, -0.2) is 14.8 Å². The average molecular weight is 180 g/mol. The molecule has 62 valence electrons. The van der Waals surface area contributed by atoms with Gasteiger partial charge in [-0.05, 0) is 6.07 Å². The fraction of sp³-hybridized carbons (Fsp3) is 0.143. The molecule has 2 heterocycles. The number of nitrogens with zero attached hydrogens (tertiary/aromatic N) is 3. The van der Waals surface area contributed by atoms with Gasteiger partial charge in [-0.3, -0.25) is 4.68 Å². The normalized spacial score (nSPS) is 10.4. The summed E-state index contributed by atoms with van der Waals surface area (Å²) >= 11 is 1.47. The zero-order valence-corrected chi connectivity index (χ0v) is 7.38. The quantitative estimate of drug-likeness (QED) is 0.715. The molecule has 0 saturated heterocycles. The van der Waals surface area contributed by atoms with Crippen LogP contribution in [0.5, 0.6) is 0 Å². The molecule has 0 radical (unpaired) electrons. The molecule has 0 aromatic carbocycles. The Morgan fingerprint density at radius 1 is 1.58 bits per heavy atom. The van der Waals surface area contributed by atoms with Crippen LogP contribution in [0.3, 0.4) is 0 Å². The van der Waals surface area contributed by atoms with Gasteiger partial charge in [0, 0.05) is 19.4 Å². The first kappa shape index (κ1) is 7.30. The Balaban J connectivity index is 2.50. The molecule has 2 aromatic rings. The van der Waals surface area contributed by atoms with Crippen LogP contribution in [0, 0.1) is 0 Å².